The fraction of sp³-hybridized carbons (Fsp3) is 0.947. The van der Waals surface area contributed by atoms with E-state index < -0.39 is 5.60 Å². The third-order valence-electron chi connectivity index (χ3n) is 8.53. The number of rotatable bonds is 0. The summed E-state index contributed by atoms with van der Waals surface area (Å²) in [6, 6.07) is 0. The summed E-state index contributed by atoms with van der Waals surface area (Å²) < 4.78 is 0. The molecule has 4 rings (SSSR count). The molecule has 0 saturated heterocycles. The van der Waals surface area contributed by atoms with E-state index in [-0.39, 0.29) is 22.9 Å². The summed E-state index contributed by atoms with van der Waals surface area (Å²) in [6.45, 7) is 4.43. The van der Waals surface area contributed by atoms with E-state index in [1.165, 1.54) is 0 Å². The van der Waals surface area contributed by atoms with Gasteiger partial charge >= 0.3 is 0 Å². The first-order chi connectivity index (χ1) is 10.3. The van der Waals surface area contributed by atoms with Gasteiger partial charge in [-0.2, -0.15) is 0 Å². The summed E-state index contributed by atoms with van der Waals surface area (Å²) >= 11 is 0. The molecule has 2 N–H and O–H groups in total. The Bertz CT molecular complexity index is 503. The van der Waals surface area contributed by atoms with Crippen molar-refractivity contribution in [3.63, 3.8) is 0 Å². The fourth-order valence-corrected chi connectivity index (χ4v) is 6.95. The molecule has 4 aliphatic rings. The summed E-state index contributed by atoms with van der Waals surface area (Å²) in [5, 5.41) is 21.8. The van der Waals surface area contributed by atoms with Crippen LogP contribution in [0.1, 0.15) is 71.6 Å². The van der Waals surface area contributed by atoms with Crippen LogP contribution in [0.2, 0.25) is 0 Å². The van der Waals surface area contributed by atoms with Crippen molar-refractivity contribution in [3.8, 4) is 0 Å². The van der Waals surface area contributed by atoms with Crippen molar-refractivity contribution in [1.29, 1.82) is 0 Å². The molecule has 0 aromatic carbocycles. The van der Waals surface area contributed by atoms with Crippen LogP contribution in [0.15, 0.2) is 0 Å². The Morgan fingerprint density at radius 1 is 1.00 bits per heavy atom. The van der Waals surface area contributed by atoms with Gasteiger partial charge in [-0.05, 0) is 74.5 Å². The molecule has 1 unspecified atom stereocenters. The Labute approximate surface area is 133 Å². The molecule has 0 aliphatic heterocycles. The van der Waals surface area contributed by atoms with Gasteiger partial charge in [0.1, 0.15) is 5.78 Å². The predicted octanol–water partition coefficient (Wildman–Crippen LogP) is 3.07. The highest BCUT2D eigenvalue weighted by molar-refractivity contribution is 5.87. The second-order valence-electron chi connectivity index (χ2n) is 9.14. The zero-order valence-corrected chi connectivity index (χ0v) is 14.0. The number of aliphatic hydroxyl groups is 2. The molecule has 0 aromatic rings. The number of hydrogen-bond donors (Lipinski definition) is 2. The number of aliphatic hydroxyl groups excluding tert-OH is 1. The number of carbonyl (C=O) groups is 1. The molecule has 0 spiro atoms. The molecule has 0 heterocycles. The number of hydrogen-bond acceptors (Lipinski definition) is 3. The molecular weight excluding hydrogens is 276 g/mol. The lowest BCUT2D eigenvalue weighted by Crippen LogP contribution is -2.65. The van der Waals surface area contributed by atoms with Gasteiger partial charge in [-0.3, -0.25) is 4.79 Å². The normalized spacial score (nSPS) is 57.9. The summed E-state index contributed by atoms with van der Waals surface area (Å²) in [4.78, 5) is 12.4. The molecule has 7 atom stereocenters. The van der Waals surface area contributed by atoms with E-state index in [0.717, 1.165) is 51.4 Å². The minimum Gasteiger partial charge on any atom is -0.393 e. The van der Waals surface area contributed by atoms with Crippen LogP contribution < -0.4 is 0 Å². The molecule has 22 heavy (non-hydrogen) atoms. The molecule has 4 saturated carbocycles. The van der Waals surface area contributed by atoms with Gasteiger partial charge in [0.2, 0.25) is 0 Å². The maximum atomic E-state index is 12.4. The highest BCUT2D eigenvalue weighted by Gasteiger charge is 2.66. The Balaban J connectivity index is 1.71. The molecule has 0 radical (unpaired) electrons. The summed E-state index contributed by atoms with van der Waals surface area (Å²) in [7, 11) is 0. The van der Waals surface area contributed by atoms with E-state index in [1.54, 1.807) is 0 Å². The van der Waals surface area contributed by atoms with Crippen LogP contribution in [0.5, 0.6) is 0 Å². The van der Waals surface area contributed by atoms with E-state index in [4.69, 9.17) is 0 Å². The number of Topliss-reactive ketones (excluding diaryl/α,β-unsaturated/α-hetero) is 1. The minimum absolute atomic E-state index is 0.0673. The van der Waals surface area contributed by atoms with E-state index in [2.05, 4.69) is 13.8 Å². The lowest BCUT2D eigenvalue weighted by atomic mass is 9.43. The maximum Gasteiger partial charge on any atom is 0.139 e. The van der Waals surface area contributed by atoms with Crippen molar-refractivity contribution >= 4 is 5.78 Å². The second-order valence-corrected chi connectivity index (χ2v) is 9.14. The molecule has 0 amide bonds. The van der Waals surface area contributed by atoms with Gasteiger partial charge in [-0.1, -0.05) is 13.8 Å². The molecule has 0 aromatic heterocycles. The first kappa shape index (κ1) is 15.1. The fourth-order valence-electron chi connectivity index (χ4n) is 6.95. The third-order valence-corrected chi connectivity index (χ3v) is 8.53. The smallest absolute Gasteiger partial charge is 0.139 e. The first-order valence-electron chi connectivity index (χ1n) is 9.25. The summed E-state index contributed by atoms with van der Waals surface area (Å²) in [6.07, 6.45) is 7.91. The maximum absolute atomic E-state index is 12.4. The summed E-state index contributed by atoms with van der Waals surface area (Å²) in [5.74, 6) is 1.54. The first-order valence-corrected chi connectivity index (χ1v) is 9.25. The Hall–Kier alpha value is -0.410. The van der Waals surface area contributed by atoms with Crippen LogP contribution in [0.3, 0.4) is 0 Å². The van der Waals surface area contributed by atoms with E-state index in [0.29, 0.717) is 24.0 Å². The van der Waals surface area contributed by atoms with Crippen LogP contribution in [0.25, 0.3) is 0 Å². The average molecular weight is 306 g/mol. The minimum atomic E-state index is -0.620. The Morgan fingerprint density at radius 2 is 1.77 bits per heavy atom. The van der Waals surface area contributed by atoms with Crippen LogP contribution >= 0.6 is 0 Å². The topological polar surface area (TPSA) is 57.5 Å². The molecular formula is C19H30O3. The lowest BCUT2D eigenvalue weighted by Gasteiger charge is -2.64. The molecule has 0 bridgehead atoms. The van der Waals surface area contributed by atoms with Crippen molar-refractivity contribution < 1.29 is 15.0 Å². The van der Waals surface area contributed by atoms with Gasteiger partial charge in [-0.25, -0.2) is 0 Å². The molecule has 4 aliphatic carbocycles. The zero-order chi connectivity index (χ0) is 15.8. The third kappa shape index (κ3) is 1.67. The number of carbonyl (C=O) groups excluding carboxylic acids is 1. The highest BCUT2D eigenvalue weighted by Crippen LogP contribution is 2.67. The van der Waals surface area contributed by atoms with Gasteiger partial charge < -0.3 is 10.2 Å². The van der Waals surface area contributed by atoms with Crippen molar-refractivity contribution in [1.82, 2.24) is 0 Å². The van der Waals surface area contributed by atoms with Crippen LogP contribution in [0, 0.1) is 28.6 Å². The van der Waals surface area contributed by atoms with Crippen molar-refractivity contribution in [2.45, 2.75) is 83.3 Å². The monoisotopic (exact) mass is 306 g/mol. The molecule has 3 heteroatoms. The SMILES string of the molecule is C[C@]12CCC(O)C[C@H]1CC[C@H]1[C@@H]3CCC(=O)[C@@]3(C)CC[C@@]12O. The quantitative estimate of drug-likeness (QED) is 0.723. The van der Waals surface area contributed by atoms with Crippen LogP contribution in [-0.2, 0) is 4.79 Å². The van der Waals surface area contributed by atoms with Gasteiger partial charge in [-0.15, -0.1) is 0 Å². The summed E-state index contributed by atoms with van der Waals surface area (Å²) in [5.41, 5.74) is -0.860. The Morgan fingerprint density at radius 3 is 2.55 bits per heavy atom. The molecule has 3 nitrogen and oxygen atoms in total. The number of ketones is 1. The van der Waals surface area contributed by atoms with Crippen molar-refractivity contribution in [3.05, 3.63) is 0 Å². The highest BCUT2D eigenvalue weighted by atomic mass is 16.3. The second kappa shape index (κ2) is 4.57. The van der Waals surface area contributed by atoms with E-state index >= 15 is 0 Å². The van der Waals surface area contributed by atoms with E-state index in [9.17, 15) is 15.0 Å². The number of fused-ring (bicyclic) bond motifs is 5. The van der Waals surface area contributed by atoms with Gasteiger partial charge in [0.25, 0.3) is 0 Å². The average Bonchev–Trinajstić information content (AvgIpc) is 2.77. The Kier molecular flexibility index (Phi) is 3.14. The predicted molar refractivity (Wildman–Crippen MR) is 84.2 cm³/mol. The van der Waals surface area contributed by atoms with Gasteiger partial charge in [0, 0.05) is 11.8 Å². The largest absolute Gasteiger partial charge is 0.393 e. The van der Waals surface area contributed by atoms with E-state index in [1.807, 2.05) is 0 Å². The standard InChI is InChI=1S/C19H30O3/c1-17-9-10-19(22)15(14(17)5-6-16(17)21)4-3-12-11-13(20)7-8-18(12,19)2/h12-15,20,22H,3-11H2,1-2H3/t12-,13?,14+,15+,17+,18+,19-/m1/s1. The van der Waals surface area contributed by atoms with Gasteiger partial charge in [0.15, 0.2) is 0 Å². The van der Waals surface area contributed by atoms with Crippen LogP contribution in [0.4, 0.5) is 0 Å². The molecule has 124 valence electrons. The van der Waals surface area contributed by atoms with Crippen LogP contribution in [-0.4, -0.2) is 27.7 Å². The van der Waals surface area contributed by atoms with Gasteiger partial charge in [0.05, 0.1) is 11.7 Å². The van der Waals surface area contributed by atoms with Crippen molar-refractivity contribution in [2.75, 3.05) is 0 Å². The van der Waals surface area contributed by atoms with Crippen molar-refractivity contribution in [2.24, 2.45) is 28.6 Å². The molecule has 4 fully saturated rings. The lowest BCUT2D eigenvalue weighted by molar-refractivity contribution is -0.236. The zero-order valence-electron chi connectivity index (χ0n) is 14.0.